The normalized spacial score (nSPS) is 11.9. The number of anilines is 2. The summed E-state index contributed by atoms with van der Waals surface area (Å²) < 4.78 is 0. The summed E-state index contributed by atoms with van der Waals surface area (Å²) in [5, 5.41) is 6.95. The number of aryl methyl sites for hydroxylation is 2. The molecule has 0 bridgehead atoms. The van der Waals surface area contributed by atoms with E-state index in [-0.39, 0.29) is 5.91 Å². The SMILES string of the molecule is Cc1cc(C)cc(NC(C)C(=O)Nc2cc(Cl)ccc2Cl)c1. The van der Waals surface area contributed by atoms with Crippen molar-refractivity contribution in [1.82, 2.24) is 0 Å². The maximum Gasteiger partial charge on any atom is 0.246 e. The van der Waals surface area contributed by atoms with Gasteiger partial charge in [0, 0.05) is 10.7 Å². The fourth-order valence-corrected chi connectivity index (χ4v) is 2.54. The molecule has 1 amide bonds. The van der Waals surface area contributed by atoms with Crippen LogP contribution in [0.4, 0.5) is 11.4 Å². The highest BCUT2D eigenvalue weighted by Crippen LogP contribution is 2.25. The lowest BCUT2D eigenvalue weighted by Gasteiger charge is -2.17. The van der Waals surface area contributed by atoms with E-state index in [1.54, 1.807) is 25.1 Å². The molecule has 0 saturated heterocycles. The molecule has 0 fully saturated rings. The number of hydrogen-bond donors (Lipinski definition) is 2. The van der Waals surface area contributed by atoms with Crippen LogP contribution >= 0.6 is 23.2 Å². The van der Waals surface area contributed by atoms with E-state index in [0.29, 0.717) is 15.7 Å². The quantitative estimate of drug-likeness (QED) is 0.820. The number of benzene rings is 2. The number of rotatable bonds is 4. The minimum Gasteiger partial charge on any atom is -0.374 e. The topological polar surface area (TPSA) is 41.1 Å². The number of amides is 1. The minimum atomic E-state index is -0.406. The molecule has 0 saturated carbocycles. The second-order valence-electron chi connectivity index (χ2n) is 5.36. The van der Waals surface area contributed by atoms with Crippen LogP contribution in [0, 0.1) is 13.8 Å². The number of carbonyl (C=O) groups excluding carboxylic acids is 1. The molecule has 2 aromatic carbocycles. The second-order valence-corrected chi connectivity index (χ2v) is 6.20. The van der Waals surface area contributed by atoms with Crippen molar-refractivity contribution >= 4 is 40.5 Å². The predicted molar refractivity (Wildman–Crippen MR) is 94.1 cm³/mol. The van der Waals surface area contributed by atoms with Crippen LogP contribution in [0.3, 0.4) is 0 Å². The highest BCUT2D eigenvalue weighted by atomic mass is 35.5. The van der Waals surface area contributed by atoms with Gasteiger partial charge in [0.2, 0.25) is 5.91 Å². The monoisotopic (exact) mass is 336 g/mol. The maximum absolute atomic E-state index is 12.3. The number of carbonyl (C=O) groups is 1. The first kappa shape index (κ1) is 16.7. The molecular formula is C17H18Cl2N2O. The Morgan fingerprint density at radius 3 is 2.32 bits per heavy atom. The predicted octanol–water partition coefficient (Wildman–Crippen LogP) is 5.05. The van der Waals surface area contributed by atoms with Gasteiger partial charge in [0.15, 0.2) is 0 Å². The van der Waals surface area contributed by atoms with E-state index in [4.69, 9.17) is 23.2 Å². The third kappa shape index (κ3) is 4.39. The van der Waals surface area contributed by atoms with Crippen LogP contribution in [-0.4, -0.2) is 11.9 Å². The maximum atomic E-state index is 12.3. The zero-order valence-electron chi connectivity index (χ0n) is 12.7. The molecule has 2 aromatic rings. The van der Waals surface area contributed by atoms with Crippen molar-refractivity contribution in [2.75, 3.05) is 10.6 Å². The molecule has 3 nitrogen and oxygen atoms in total. The van der Waals surface area contributed by atoms with Gasteiger partial charge >= 0.3 is 0 Å². The Morgan fingerprint density at radius 1 is 1.05 bits per heavy atom. The van der Waals surface area contributed by atoms with Crippen molar-refractivity contribution in [1.29, 1.82) is 0 Å². The van der Waals surface area contributed by atoms with Gasteiger partial charge in [-0.15, -0.1) is 0 Å². The Morgan fingerprint density at radius 2 is 1.68 bits per heavy atom. The van der Waals surface area contributed by atoms with Crippen LogP contribution in [-0.2, 0) is 4.79 Å². The second kappa shape index (κ2) is 7.03. The van der Waals surface area contributed by atoms with Gasteiger partial charge in [-0.05, 0) is 62.2 Å². The van der Waals surface area contributed by atoms with Crippen LogP contribution in [0.1, 0.15) is 18.1 Å². The highest BCUT2D eigenvalue weighted by Gasteiger charge is 2.14. The van der Waals surface area contributed by atoms with E-state index in [9.17, 15) is 4.79 Å². The van der Waals surface area contributed by atoms with E-state index in [0.717, 1.165) is 16.8 Å². The van der Waals surface area contributed by atoms with Gasteiger partial charge in [-0.3, -0.25) is 4.79 Å². The van der Waals surface area contributed by atoms with Crippen molar-refractivity contribution < 1.29 is 4.79 Å². The molecule has 0 radical (unpaired) electrons. The summed E-state index contributed by atoms with van der Waals surface area (Å²) in [5.74, 6) is -0.177. The highest BCUT2D eigenvalue weighted by molar-refractivity contribution is 6.35. The zero-order chi connectivity index (χ0) is 16.3. The number of halogens is 2. The standard InChI is InChI=1S/C17H18Cl2N2O/c1-10-6-11(2)8-14(7-10)20-12(3)17(22)21-16-9-13(18)4-5-15(16)19/h4-9,12,20H,1-3H3,(H,21,22). The Hall–Kier alpha value is -1.71. The third-order valence-corrected chi connectivity index (χ3v) is 3.75. The van der Waals surface area contributed by atoms with E-state index < -0.39 is 6.04 Å². The first-order valence-corrected chi connectivity index (χ1v) is 7.71. The fourth-order valence-electron chi connectivity index (χ4n) is 2.21. The van der Waals surface area contributed by atoms with Crippen LogP contribution in [0.2, 0.25) is 10.0 Å². The lowest BCUT2D eigenvalue weighted by molar-refractivity contribution is -0.116. The molecule has 5 heteroatoms. The summed E-state index contributed by atoms with van der Waals surface area (Å²) in [6.45, 7) is 5.84. The summed E-state index contributed by atoms with van der Waals surface area (Å²) in [6.07, 6.45) is 0. The molecule has 0 aliphatic carbocycles. The summed E-state index contributed by atoms with van der Waals surface area (Å²) in [7, 11) is 0. The lowest BCUT2D eigenvalue weighted by atomic mass is 10.1. The molecule has 0 heterocycles. The molecule has 0 aromatic heterocycles. The van der Waals surface area contributed by atoms with E-state index in [1.165, 1.54) is 0 Å². The van der Waals surface area contributed by atoms with Gasteiger partial charge in [0.1, 0.15) is 6.04 Å². The van der Waals surface area contributed by atoms with E-state index in [1.807, 2.05) is 26.0 Å². The van der Waals surface area contributed by atoms with Crippen molar-refractivity contribution in [3.63, 3.8) is 0 Å². The molecule has 2 N–H and O–H groups in total. The molecule has 0 spiro atoms. The van der Waals surface area contributed by atoms with E-state index >= 15 is 0 Å². The Bertz CT molecular complexity index is 681. The summed E-state index contributed by atoms with van der Waals surface area (Å²) in [6, 6.07) is 10.6. The molecule has 22 heavy (non-hydrogen) atoms. The molecule has 0 aliphatic heterocycles. The van der Waals surface area contributed by atoms with Crippen LogP contribution in [0.25, 0.3) is 0 Å². The largest absolute Gasteiger partial charge is 0.374 e. The minimum absolute atomic E-state index is 0.177. The van der Waals surface area contributed by atoms with Gasteiger partial charge in [-0.1, -0.05) is 29.3 Å². The molecule has 2 rings (SSSR count). The number of nitrogens with one attached hydrogen (secondary N) is 2. The average molecular weight is 337 g/mol. The van der Waals surface area contributed by atoms with Crippen LogP contribution in [0.15, 0.2) is 36.4 Å². The van der Waals surface area contributed by atoms with Gasteiger partial charge in [-0.25, -0.2) is 0 Å². The Labute approximate surface area is 140 Å². The van der Waals surface area contributed by atoms with Gasteiger partial charge in [-0.2, -0.15) is 0 Å². The summed E-state index contributed by atoms with van der Waals surface area (Å²) >= 11 is 12.0. The lowest BCUT2D eigenvalue weighted by Crippen LogP contribution is -2.32. The molecule has 1 unspecified atom stereocenters. The molecule has 1 atom stereocenters. The van der Waals surface area contributed by atoms with Gasteiger partial charge in [0.25, 0.3) is 0 Å². The zero-order valence-corrected chi connectivity index (χ0v) is 14.2. The molecular weight excluding hydrogens is 319 g/mol. The van der Waals surface area contributed by atoms with Crippen molar-refractivity contribution in [3.05, 3.63) is 57.6 Å². The van der Waals surface area contributed by atoms with E-state index in [2.05, 4.69) is 16.7 Å². The first-order chi connectivity index (χ1) is 10.3. The first-order valence-electron chi connectivity index (χ1n) is 6.96. The van der Waals surface area contributed by atoms with Crippen LogP contribution in [0.5, 0.6) is 0 Å². The smallest absolute Gasteiger partial charge is 0.246 e. The van der Waals surface area contributed by atoms with Crippen molar-refractivity contribution in [2.24, 2.45) is 0 Å². The summed E-state index contributed by atoms with van der Waals surface area (Å²) in [4.78, 5) is 12.3. The molecule has 0 aliphatic rings. The average Bonchev–Trinajstić information content (AvgIpc) is 2.41. The van der Waals surface area contributed by atoms with Crippen LogP contribution < -0.4 is 10.6 Å². The molecule has 116 valence electrons. The Kier molecular flexibility index (Phi) is 5.33. The number of hydrogen-bond acceptors (Lipinski definition) is 2. The third-order valence-electron chi connectivity index (χ3n) is 3.18. The van der Waals surface area contributed by atoms with Crippen molar-refractivity contribution in [2.45, 2.75) is 26.8 Å². The fraction of sp³-hybridized carbons (Fsp3) is 0.235. The van der Waals surface area contributed by atoms with Gasteiger partial charge < -0.3 is 10.6 Å². The van der Waals surface area contributed by atoms with Crippen molar-refractivity contribution in [3.8, 4) is 0 Å². The van der Waals surface area contributed by atoms with Gasteiger partial charge in [0.05, 0.1) is 10.7 Å². The Balaban J connectivity index is 2.07. The summed E-state index contributed by atoms with van der Waals surface area (Å²) in [5.41, 5.74) is 3.71.